The van der Waals surface area contributed by atoms with Gasteiger partial charge in [0.15, 0.2) is 0 Å². The zero-order chi connectivity index (χ0) is 14.9. The maximum Gasteiger partial charge on any atom is 0.417 e. The van der Waals surface area contributed by atoms with Crippen LogP contribution in [0.2, 0.25) is 0 Å². The van der Waals surface area contributed by atoms with Crippen LogP contribution in [-0.4, -0.2) is 58.5 Å². The first kappa shape index (κ1) is 15.0. The number of aromatic nitrogens is 1. The normalized spacial score (nSPS) is 28.4. The molecule has 0 bridgehead atoms. The molecule has 0 unspecified atom stereocenters. The number of anilines is 1. The van der Waals surface area contributed by atoms with E-state index in [1.807, 2.05) is 4.90 Å². The quantitative estimate of drug-likeness (QED) is 0.742. The van der Waals surface area contributed by atoms with Crippen LogP contribution in [0.15, 0.2) is 18.3 Å². The Kier molecular flexibility index (Phi) is 4.17. The molecule has 0 saturated carbocycles. The number of pyridine rings is 1. The maximum absolute atomic E-state index is 12.4. The smallest absolute Gasteiger partial charge is 0.389 e. The molecule has 112 valence electrons. The third-order valence-electron chi connectivity index (χ3n) is 3.24. The van der Waals surface area contributed by atoms with Crippen molar-refractivity contribution in [1.29, 1.82) is 0 Å². The second-order valence-electron chi connectivity index (χ2n) is 4.96. The summed E-state index contributed by atoms with van der Waals surface area (Å²) in [7, 11) is 1.78. The van der Waals surface area contributed by atoms with Gasteiger partial charge >= 0.3 is 6.18 Å². The Morgan fingerprint density at radius 3 is 2.55 bits per heavy atom. The Bertz CT molecular complexity index is 452. The van der Waals surface area contributed by atoms with Gasteiger partial charge in [0.05, 0.1) is 17.7 Å². The summed E-state index contributed by atoms with van der Waals surface area (Å²) in [5, 5.41) is 22.3. The van der Waals surface area contributed by atoms with E-state index in [1.54, 1.807) is 7.05 Å². The summed E-state index contributed by atoms with van der Waals surface area (Å²) < 4.78 is 37.2. The van der Waals surface area contributed by atoms with Gasteiger partial charge in [-0.05, 0) is 19.2 Å². The Morgan fingerprint density at radius 1 is 1.30 bits per heavy atom. The van der Waals surface area contributed by atoms with Gasteiger partial charge in [-0.1, -0.05) is 0 Å². The van der Waals surface area contributed by atoms with Gasteiger partial charge in [0.2, 0.25) is 0 Å². The van der Waals surface area contributed by atoms with Gasteiger partial charge in [-0.2, -0.15) is 13.2 Å². The third kappa shape index (κ3) is 3.38. The predicted octanol–water partition coefficient (Wildman–Crippen LogP) is 0.548. The lowest BCUT2D eigenvalue weighted by Crippen LogP contribution is -2.57. The summed E-state index contributed by atoms with van der Waals surface area (Å²) in [6, 6.07) is 1.63. The maximum atomic E-state index is 12.4. The summed E-state index contributed by atoms with van der Waals surface area (Å²) >= 11 is 0. The van der Waals surface area contributed by atoms with E-state index in [0.717, 1.165) is 12.3 Å². The zero-order valence-corrected chi connectivity index (χ0v) is 10.8. The number of aliphatic hydroxyl groups is 2. The highest BCUT2D eigenvalue weighted by Gasteiger charge is 2.34. The number of piperidine rings is 1. The van der Waals surface area contributed by atoms with E-state index in [4.69, 9.17) is 0 Å². The lowest BCUT2D eigenvalue weighted by atomic mass is 10.00. The molecule has 1 aromatic heterocycles. The number of likely N-dealkylation sites (N-methyl/N-ethyl adjacent to an activating group) is 1. The summed E-state index contributed by atoms with van der Waals surface area (Å²) in [5.74, 6) is 0.226. The number of likely N-dealkylation sites (tertiary alicyclic amines) is 1. The molecule has 20 heavy (non-hydrogen) atoms. The number of rotatable bonds is 2. The number of aliphatic hydroxyl groups excluding tert-OH is 2. The first-order chi connectivity index (χ1) is 9.27. The fraction of sp³-hybridized carbons (Fsp3) is 0.583. The lowest BCUT2D eigenvalue weighted by Gasteiger charge is -2.37. The van der Waals surface area contributed by atoms with Gasteiger partial charge in [-0.15, -0.1) is 0 Å². The van der Waals surface area contributed by atoms with Gasteiger partial charge in [-0.3, -0.25) is 0 Å². The lowest BCUT2D eigenvalue weighted by molar-refractivity contribution is -0.137. The first-order valence-corrected chi connectivity index (χ1v) is 6.12. The molecule has 1 aliphatic rings. The molecule has 0 amide bonds. The molecule has 1 aliphatic heterocycles. The van der Waals surface area contributed by atoms with Gasteiger partial charge < -0.3 is 20.4 Å². The van der Waals surface area contributed by atoms with Crippen molar-refractivity contribution in [3.05, 3.63) is 23.9 Å². The van der Waals surface area contributed by atoms with E-state index < -0.39 is 30.0 Å². The van der Waals surface area contributed by atoms with E-state index in [9.17, 15) is 23.4 Å². The number of hydrogen-bond donors (Lipinski definition) is 3. The summed E-state index contributed by atoms with van der Waals surface area (Å²) in [5.41, 5.74) is -0.829. The second-order valence-corrected chi connectivity index (χ2v) is 4.96. The Hall–Kier alpha value is -1.38. The van der Waals surface area contributed by atoms with Crippen molar-refractivity contribution in [2.75, 3.05) is 25.5 Å². The van der Waals surface area contributed by atoms with E-state index in [-0.39, 0.29) is 5.82 Å². The van der Waals surface area contributed by atoms with Gasteiger partial charge in [0, 0.05) is 19.3 Å². The molecule has 8 heteroatoms. The Morgan fingerprint density at radius 2 is 2.00 bits per heavy atom. The minimum Gasteiger partial charge on any atom is -0.389 e. The van der Waals surface area contributed by atoms with Gasteiger partial charge in [0.25, 0.3) is 0 Å². The van der Waals surface area contributed by atoms with Gasteiger partial charge in [0.1, 0.15) is 11.9 Å². The molecule has 2 heterocycles. The molecular weight excluding hydrogens is 275 g/mol. The molecule has 0 aromatic carbocycles. The van der Waals surface area contributed by atoms with Crippen LogP contribution in [0.5, 0.6) is 0 Å². The molecule has 5 nitrogen and oxygen atoms in total. The van der Waals surface area contributed by atoms with Crippen LogP contribution in [0.1, 0.15) is 5.56 Å². The van der Waals surface area contributed by atoms with Crippen LogP contribution < -0.4 is 5.32 Å². The number of nitrogens with zero attached hydrogens (tertiary/aromatic N) is 2. The Balaban J connectivity index is 2.06. The van der Waals surface area contributed by atoms with E-state index >= 15 is 0 Å². The van der Waals surface area contributed by atoms with Crippen molar-refractivity contribution in [3.8, 4) is 0 Å². The predicted molar refractivity (Wildman–Crippen MR) is 66.2 cm³/mol. The number of β-amino-alcohol motifs (C(OH)–C–C–N with tert-alkyl or cyclic N) is 1. The molecule has 3 atom stereocenters. The average Bonchev–Trinajstić information content (AvgIpc) is 2.35. The monoisotopic (exact) mass is 291 g/mol. The fourth-order valence-electron chi connectivity index (χ4n) is 2.18. The van der Waals surface area contributed by atoms with Crippen molar-refractivity contribution in [1.82, 2.24) is 9.88 Å². The van der Waals surface area contributed by atoms with Crippen LogP contribution in [0.4, 0.5) is 19.0 Å². The van der Waals surface area contributed by atoms with Crippen molar-refractivity contribution < 1.29 is 23.4 Å². The average molecular weight is 291 g/mol. The molecule has 0 spiro atoms. The molecule has 1 aromatic rings. The first-order valence-electron chi connectivity index (χ1n) is 6.12. The third-order valence-corrected chi connectivity index (χ3v) is 3.24. The van der Waals surface area contributed by atoms with Crippen LogP contribution in [0.3, 0.4) is 0 Å². The highest BCUT2D eigenvalue weighted by atomic mass is 19.4. The van der Waals surface area contributed by atoms with Crippen LogP contribution in [0.25, 0.3) is 0 Å². The number of hydrogen-bond acceptors (Lipinski definition) is 5. The fourth-order valence-corrected chi connectivity index (χ4v) is 2.18. The van der Waals surface area contributed by atoms with Crippen molar-refractivity contribution >= 4 is 5.82 Å². The summed E-state index contributed by atoms with van der Waals surface area (Å²) in [6.45, 7) is 0.806. The molecule has 0 radical (unpaired) electrons. The molecule has 2 rings (SSSR count). The SMILES string of the molecule is CN1C[C@H](Nc2ccc(C(F)(F)F)cn2)[C@@H](O)[C@@H](O)C1. The molecule has 1 fully saturated rings. The largest absolute Gasteiger partial charge is 0.417 e. The van der Waals surface area contributed by atoms with Gasteiger partial charge in [-0.25, -0.2) is 4.98 Å². The summed E-state index contributed by atoms with van der Waals surface area (Å²) in [4.78, 5) is 5.50. The zero-order valence-electron chi connectivity index (χ0n) is 10.8. The van der Waals surface area contributed by atoms with E-state index in [2.05, 4.69) is 10.3 Å². The number of nitrogens with one attached hydrogen (secondary N) is 1. The van der Waals surface area contributed by atoms with Crippen molar-refractivity contribution in [2.45, 2.75) is 24.4 Å². The van der Waals surface area contributed by atoms with E-state index in [0.29, 0.717) is 13.1 Å². The minimum atomic E-state index is -4.42. The molecule has 3 N–H and O–H groups in total. The van der Waals surface area contributed by atoms with Crippen LogP contribution in [-0.2, 0) is 6.18 Å². The summed E-state index contributed by atoms with van der Waals surface area (Å²) in [6.07, 6.45) is -5.58. The van der Waals surface area contributed by atoms with Crippen LogP contribution in [0, 0.1) is 0 Å². The number of alkyl halides is 3. The number of halogens is 3. The molecule has 1 saturated heterocycles. The van der Waals surface area contributed by atoms with Crippen molar-refractivity contribution in [3.63, 3.8) is 0 Å². The van der Waals surface area contributed by atoms with Crippen molar-refractivity contribution in [2.24, 2.45) is 0 Å². The molecule has 0 aliphatic carbocycles. The van der Waals surface area contributed by atoms with Crippen LogP contribution >= 0.6 is 0 Å². The standard InChI is InChI=1S/C12H16F3N3O2/c1-18-5-8(11(20)9(19)6-18)17-10-3-2-7(4-16-10)12(13,14)15/h2-4,8-9,11,19-20H,5-6H2,1H3,(H,16,17)/t8-,9-,11+/m0/s1. The highest BCUT2D eigenvalue weighted by Crippen LogP contribution is 2.29. The highest BCUT2D eigenvalue weighted by molar-refractivity contribution is 5.38. The second kappa shape index (κ2) is 5.55. The van der Waals surface area contributed by atoms with E-state index in [1.165, 1.54) is 6.07 Å². The topological polar surface area (TPSA) is 68.6 Å². The minimum absolute atomic E-state index is 0.226. The Labute approximate surface area is 114 Å². The molecular formula is C12H16F3N3O2.